The maximum atomic E-state index is 11.9. The highest BCUT2D eigenvalue weighted by atomic mass is 32.2. The summed E-state index contributed by atoms with van der Waals surface area (Å²) in [6, 6.07) is 11.9. The molecular weight excluding hydrogens is 380 g/mol. The number of piperidine rings is 1. The molecule has 2 N–H and O–H groups in total. The number of hydrogen-bond donors (Lipinski definition) is 2. The molecule has 8 nitrogen and oxygen atoms in total. The minimum Gasteiger partial charge on any atom is -0.375 e. The summed E-state index contributed by atoms with van der Waals surface area (Å²) >= 11 is 0. The number of nitrogens with zero attached hydrogens (tertiary/aromatic N) is 2. The third kappa shape index (κ3) is 4.42. The quantitative estimate of drug-likeness (QED) is 0.543. The Kier molecular flexibility index (Phi) is 6.15. The highest BCUT2D eigenvalue weighted by molar-refractivity contribution is 7.89. The van der Waals surface area contributed by atoms with Gasteiger partial charge in [-0.3, -0.25) is 10.1 Å². The van der Waals surface area contributed by atoms with Gasteiger partial charge in [-0.25, -0.2) is 13.1 Å². The van der Waals surface area contributed by atoms with Crippen molar-refractivity contribution in [1.29, 1.82) is 0 Å². The lowest BCUT2D eigenvalue weighted by atomic mass is 10.1. The van der Waals surface area contributed by atoms with E-state index < -0.39 is 14.9 Å². The highest BCUT2D eigenvalue weighted by Gasteiger charge is 2.21. The largest absolute Gasteiger partial charge is 0.375 e. The lowest BCUT2D eigenvalue weighted by Crippen LogP contribution is -2.30. The number of para-hydroxylation sites is 1. The first-order chi connectivity index (χ1) is 13.4. The van der Waals surface area contributed by atoms with Crippen LogP contribution in [0.2, 0.25) is 0 Å². The molecule has 3 rings (SSSR count). The number of benzene rings is 2. The molecule has 0 amide bonds. The molecule has 28 heavy (non-hydrogen) atoms. The van der Waals surface area contributed by atoms with E-state index in [0.29, 0.717) is 6.54 Å². The van der Waals surface area contributed by atoms with Crippen LogP contribution in [-0.4, -0.2) is 33.5 Å². The van der Waals surface area contributed by atoms with Crippen LogP contribution in [0.25, 0.3) is 0 Å². The van der Waals surface area contributed by atoms with Gasteiger partial charge in [-0.05, 0) is 50.1 Å². The van der Waals surface area contributed by atoms with E-state index >= 15 is 0 Å². The van der Waals surface area contributed by atoms with Gasteiger partial charge in [-0.2, -0.15) is 0 Å². The van der Waals surface area contributed by atoms with Gasteiger partial charge >= 0.3 is 0 Å². The second-order valence-electron chi connectivity index (χ2n) is 6.67. The zero-order valence-corrected chi connectivity index (χ0v) is 16.5. The van der Waals surface area contributed by atoms with E-state index in [9.17, 15) is 18.5 Å². The monoisotopic (exact) mass is 404 g/mol. The van der Waals surface area contributed by atoms with Crippen LogP contribution in [0.3, 0.4) is 0 Å². The van der Waals surface area contributed by atoms with E-state index in [1.54, 1.807) is 0 Å². The minimum absolute atomic E-state index is 0.138. The number of hydrogen-bond acceptors (Lipinski definition) is 6. The number of sulfonamides is 1. The van der Waals surface area contributed by atoms with Crippen molar-refractivity contribution in [2.75, 3.05) is 30.4 Å². The highest BCUT2D eigenvalue weighted by Crippen LogP contribution is 2.30. The molecule has 0 radical (unpaired) electrons. The molecule has 150 valence electrons. The predicted octanol–water partition coefficient (Wildman–Crippen LogP) is 3.11. The van der Waals surface area contributed by atoms with Crippen molar-refractivity contribution >= 4 is 27.1 Å². The van der Waals surface area contributed by atoms with Gasteiger partial charge in [-0.1, -0.05) is 18.2 Å². The summed E-state index contributed by atoms with van der Waals surface area (Å²) in [5, 5.41) is 14.6. The zero-order chi connectivity index (χ0) is 20.1. The van der Waals surface area contributed by atoms with Gasteiger partial charge in [-0.15, -0.1) is 0 Å². The van der Waals surface area contributed by atoms with E-state index in [1.807, 2.05) is 18.2 Å². The molecule has 1 aliphatic heterocycles. The van der Waals surface area contributed by atoms with Gasteiger partial charge in [0.25, 0.3) is 5.69 Å². The van der Waals surface area contributed by atoms with Crippen molar-refractivity contribution in [2.24, 2.45) is 0 Å². The molecule has 1 saturated heterocycles. The standard InChI is InChI=1S/C19H24N4O4S/c1-20-28(26,27)16-9-10-17(19(13-16)23(24)25)21-14-15-7-3-4-8-18(15)22-11-5-2-6-12-22/h3-4,7-10,13,20-21H,2,5-6,11-12,14H2,1H3. The summed E-state index contributed by atoms with van der Waals surface area (Å²) in [5.74, 6) is 0. The SMILES string of the molecule is CNS(=O)(=O)c1ccc(NCc2ccccc2N2CCCCC2)c([N+](=O)[O-])c1. The van der Waals surface area contributed by atoms with Crippen LogP contribution in [-0.2, 0) is 16.6 Å². The first-order valence-electron chi connectivity index (χ1n) is 9.21. The molecule has 1 fully saturated rings. The minimum atomic E-state index is -3.75. The van der Waals surface area contributed by atoms with Gasteiger partial charge in [0.2, 0.25) is 10.0 Å². The molecule has 1 aliphatic rings. The lowest BCUT2D eigenvalue weighted by molar-refractivity contribution is -0.384. The molecule has 0 atom stereocenters. The molecule has 0 saturated carbocycles. The Bertz CT molecular complexity index is 956. The zero-order valence-electron chi connectivity index (χ0n) is 15.7. The molecule has 0 unspecified atom stereocenters. The average Bonchev–Trinajstić information content (AvgIpc) is 2.72. The Morgan fingerprint density at radius 1 is 1.11 bits per heavy atom. The summed E-state index contributed by atoms with van der Waals surface area (Å²) in [5.41, 5.74) is 2.19. The first-order valence-corrected chi connectivity index (χ1v) is 10.7. The Balaban J connectivity index is 1.84. The summed E-state index contributed by atoms with van der Waals surface area (Å²) < 4.78 is 26.0. The van der Waals surface area contributed by atoms with Crippen LogP contribution in [0.1, 0.15) is 24.8 Å². The fourth-order valence-electron chi connectivity index (χ4n) is 3.39. The Morgan fingerprint density at radius 2 is 1.82 bits per heavy atom. The van der Waals surface area contributed by atoms with E-state index in [1.165, 1.54) is 25.6 Å². The topological polar surface area (TPSA) is 105 Å². The van der Waals surface area contributed by atoms with Crippen molar-refractivity contribution < 1.29 is 13.3 Å². The van der Waals surface area contributed by atoms with E-state index in [-0.39, 0.29) is 16.3 Å². The van der Waals surface area contributed by atoms with E-state index in [4.69, 9.17) is 0 Å². The van der Waals surface area contributed by atoms with Crippen molar-refractivity contribution in [3.05, 3.63) is 58.1 Å². The van der Waals surface area contributed by atoms with Crippen LogP contribution in [0, 0.1) is 10.1 Å². The first kappa shape index (κ1) is 20.1. The van der Waals surface area contributed by atoms with Gasteiger partial charge < -0.3 is 10.2 Å². The Hall–Kier alpha value is -2.65. The van der Waals surface area contributed by atoms with Crippen molar-refractivity contribution in [3.63, 3.8) is 0 Å². The molecule has 1 heterocycles. The molecule has 2 aromatic carbocycles. The summed E-state index contributed by atoms with van der Waals surface area (Å²) in [7, 11) is -2.48. The van der Waals surface area contributed by atoms with Crippen LogP contribution >= 0.6 is 0 Å². The maximum Gasteiger partial charge on any atom is 0.293 e. The molecular formula is C19H24N4O4S. The van der Waals surface area contributed by atoms with Crippen LogP contribution in [0.15, 0.2) is 47.4 Å². The average molecular weight is 404 g/mol. The van der Waals surface area contributed by atoms with Gasteiger partial charge in [0.05, 0.1) is 9.82 Å². The third-order valence-corrected chi connectivity index (χ3v) is 6.31. The molecule has 0 bridgehead atoms. The van der Waals surface area contributed by atoms with Crippen molar-refractivity contribution in [2.45, 2.75) is 30.7 Å². The smallest absolute Gasteiger partial charge is 0.293 e. The van der Waals surface area contributed by atoms with Crippen molar-refractivity contribution in [1.82, 2.24) is 4.72 Å². The summed E-state index contributed by atoms with van der Waals surface area (Å²) in [4.78, 5) is 13.1. The van der Waals surface area contributed by atoms with Crippen LogP contribution < -0.4 is 14.9 Å². The number of nitro groups is 1. The summed E-state index contributed by atoms with van der Waals surface area (Å²) in [6.07, 6.45) is 3.56. The fourth-order valence-corrected chi connectivity index (χ4v) is 4.14. The number of nitro benzene ring substituents is 1. The Morgan fingerprint density at radius 3 is 2.50 bits per heavy atom. The van der Waals surface area contributed by atoms with Gasteiger partial charge in [0.15, 0.2) is 0 Å². The molecule has 0 aromatic heterocycles. The summed E-state index contributed by atoms with van der Waals surface area (Å²) in [6.45, 7) is 2.42. The second-order valence-corrected chi connectivity index (χ2v) is 8.56. The van der Waals surface area contributed by atoms with E-state index in [2.05, 4.69) is 21.0 Å². The molecule has 0 aliphatic carbocycles. The Labute approximate surface area is 164 Å². The normalized spacial score (nSPS) is 14.7. The van der Waals surface area contributed by atoms with E-state index in [0.717, 1.165) is 43.2 Å². The number of nitrogens with one attached hydrogen (secondary N) is 2. The number of anilines is 2. The second kappa shape index (κ2) is 8.57. The van der Waals surface area contributed by atoms with Crippen molar-refractivity contribution in [3.8, 4) is 0 Å². The van der Waals surface area contributed by atoms with Crippen LogP contribution in [0.5, 0.6) is 0 Å². The fraction of sp³-hybridized carbons (Fsp3) is 0.368. The maximum absolute atomic E-state index is 11.9. The lowest BCUT2D eigenvalue weighted by Gasteiger charge is -2.30. The van der Waals surface area contributed by atoms with Gasteiger partial charge in [0.1, 0.15) is 5.69 Å². The molecule has 2 aromatic rings. The number of rotatable bonds is 7. The third-order valence-electron chi connectivity index (χ3n) is 4.90. The van der Waals surface area contributed by atoms with Gasteiger partial charge in [0, 0.05) is 31.4 Å². The predicted molar refractivity (Wildman–Crippen MR) is 109 cm³/mol. The molecule has 9 heteroatoms. The molecule has 0 spiro atoms. The van der Waals surface area contributed by atoms with Crippen LogP contribution in [0.4, 0.5) is 17.1 Å².